The first-order chi connectivity index (χ1) is 9.60. The van der Waals surface area contributed by atoms with Crippen molar-refractivity contribution < 1.29 is 9.47 Å². The van der Waals surface area contributed by atoms with Crippen molar-refractivity contribution in [1.29, 1.82) is 0 Å². The van der Waals surface area contributed by atoms with Crippen molar-refractivity contribution in [1.82, 2.24) is 0 Å². The van der Waals surface area contributed by atoms with E-state index in [1.165, 1.54) is 0 Å². The van der Waals surface area contributed by atoms with Gasteiger partial charge in [-0.15, -0.1) is 11.6 Å². The van der Waals surface area contributed by atoms with E-state index in [2.05, 4.69) is 0 Å². The van der Waals surface area contributed by atoms with Gasteiger partial charge in [0.15, 0.2) is 0 Å². The molecule has 106 valence electrons. The first kappa shape index (κ1) is 14.7. The number of ether oxygens (including phenoxy) is 2. The number of benzene rings is 2. The maximum Gasteiger partial charge on any atom is 0.119 e. The lowest BCUT2D eigenvalue weighted by Gasteiger charge is -2.13. The van der Waals surface area contributed by atoms with E-state index in [1.54, 1.807) is 7.11 Å². The molecule has 3 heteroatoms. The maximum atomic E-state index is 6.52. The van der Waals surface area contributed by atoms with Crippen LogP contribution in [-0.2, 0) is 0 Å². The molecule has 0 spiro atoms. The highest BCUT2D eigenvalue weighted by Gasteiger charge is 2.11. The van der Waals surface area contributed by atoms with E-state index in [9.17, 15) is 0 Å². The summed E-state index contributed by atoms with van der Waals surface area (Å²) in [6, 6.07) is 15.7. The monoisotopic (exact) mass is 290 g/mol. The molecule has 0 amide bonds. The molecule has 0 aliphatic carbocycles. The van der Waals surface area contributed by atoms with E-state index in [1.807, 2.05) is 62.4 Å². The van der Waals surface area contributed by atoms with Gasteiger partial charge in [-0.2, -0.15) is 0 Å². The molecule has 0 aliphatic rings. The molecule has 0 N–H and O–H groups in total. The highest BCUT2D eigenvalue weighted by Crippen LogP contribution is 2.31. The summed E-state index contributed by atoms with van der Waals surface area (Å²) >= 11 is 6.52. The lowest BCUT2D eigenvalue weighted by Crippen LogP contribution is -2.05. The van der Waals surface area contributed by atoms with E-state index in [-0.39, 0.29) is 11.5 Å². The first-order valence-electron chi connectivity index (χ1n) is 6.65. The van der Waals surface area contributed by atoms with Gasteiger partial charge >= 0.3 is 0 Å². The minimum atomic E-state index is -0.196. The molecule has 2 aromatic carbocycles. The minimum Gasteiger partial charge on any atom is -0.497 e. The molecule has 20 heavy (non-hydrogen) atoms. The third-order valence-corrected chi connectivity index (χ3v) is 3.43. The summed E-state index contributed by atoms with van der Waals surface area (Å²) in [5.41, 5.74) is 2.06. The van der Waals surface area contributed by atoms with Crippen LogP contribution in [0, 0.1) is 0 Å². The van der Waals surface area contributed by atoms with Crippen molar-refractivity contribution >= 4 is 11.6 Å². The van der Waals surface area contributed by atoms with Gasteiger partial charge in [0.05, 0.1) is 18.6 Å². The highest BCUT2D eigenvalue weighted by atomic mass is 35.5. The Balaban J connectivity index is 2.17. The van der Waals surface area contributed by atoms with Crippen molar-refractivity contribution in [2.24, 2.45) is 0 Å². The summed E-state index contributed by atoms with van der Waals surface area (Å²) in [4.78, 5) is 0. The van der Waals surface area contributed by atoms with Crippen molar-refractivity contribution in [2.45, 2.75) is 25.3 Å². The number of rotatable bonds is 5. The third kappa shape index (κ3) is 3.67. The predicted octanol–water partition coefficient (Wildman–Crippen LogP) is 4.81. The number of methoxy groups -OCH3 is 1. The van der Waals surface area contributed by atoms with E-state index < -0.39 is 0 Å². The Bertz CT molecular complexity index is 549. The molecule has 0 saturated carbocycles. The van der Waals surface area contributed by atoms with Crippen LogP contribution >= 0.6 is 11.6 Å². The van der Waals surface area contributed by atoms with Gasteiger partial charge in [-0.05, 0) is 49.2 Å². The van der Waals surface area contributed by atoms with Crippen molar-refractivity contribution in [3.8, 4) is 11.5 Å². The van der Waals surface area contributed by atoms with Crippen LogP contribution in [0.2, 0.25) is 0 Å². The molecule has 0 radical (unpaired) electrons. The summed E-state index contributed by atoms with van der Waals surface area (Å²) in [7, 11) is 1.65. The summed E-state index contributed by atoms with van der Waals surface area (Å²) in [5, 5.41) is -0.196. The molecular formula is C17H19ClO2. The fourth-order valence-electron chi connectivity index (χ4n) is 1.98. The van der Waals surface area contributed by atoms with Crippen molar-refractivity contribution in [3.05, 3.63) is 59.7 Å². The molecule has 2 aromatic rings. The van der Waals surface area contributed by atoms with E-state index in [4.69, 9.17) is 21.1 Å². The number of hydrogen-bond acceptors (Lipinski definition) is 2. The normalized spacial score (nSPS) is 12.2. The third-order valence-electron chi connectivity index (χ3n) is 2.93. The molecule has 0 aromatic heterocycles. The Hall–Kier alpha value is -1.67. The predicted molar refractivity (Wildman–Crippen MR) is 82.9 cm³/mol. The average Bonchev–Trinajstić information content (AvgIpc) is 2.47. The molecule has 2 rings (SSSR count). The molecule has 0 heterocycles. The second-order valence-corrected chi connectivity index (χ2v) is 5.31. The molecule has 0 bridgehead atoms. The highest BCUT2D eigenvalue weighted by molar-refractivity contribution is 6.22. The Kier molecular flexibility index (Phi) is 4.91. The number of hydrogen-bond donors (Lipinski definition) is 0. The van der Waals surface area contributed by atoms with E-state index in [0.29, 0.717) is 0 Å². The summed E-state index contributed by atoms with van der Waals surface area (Å²) in [6.07, 6.45) is 0.172. The van der Waals surface area contributed by atoms with Crippen LogP contribution in [0.15, 0.2) is 48.5 Å². The molecule has 0 aliphatic heterocycles. The van der Waals surface area contributed by atoms with Crippen molar-refractivity contribution in [2.75, 3.05) is 7.11 Å². The second kappa shape index (κ2) is 6.67. The second-order valence-electron chi connectivity index (χ2n) is 4.87. The first-order valence-corrected chi connectivity index (χ1v) is 7.08. The van der Waals surface area contributed by atoms with Gasteiger partial charge in [-0.3, -0.25) is 0 Å². The molecule has 1 atom stereocenters. The van der Waals surface area contributed by atoms with Crippen LogP contribution in [0.4, 0.5) is 0 Å². The molecule has 1 unspecified atom stereocenters. The van der Waals surface area contributed by atoms with Gasteiger partial charge in [0.25, 0.3) is 0 Å². The van der Waals surface area contributed by atoms with Crippen LogP contribution in [-0.4, -0.2) is 13.2 Å². The summed E-state index contributed by atoms with van der Waals surface area (Å²) in [5.74, 6) is 1.67. The van der Waals surface area contributed by atoms with E-state index in [0.717, 1.165) is 22.6 Å². The minimum absolute atomic E-state index is 0.172. The zero-order valence-corrected chi connectivity index (χ0v) is 12.7. The molecule has 0 saturated heterocycles. The molecule has 0 fully saturated rings. The van der Waals surface area contributed by atoms with Crippen LogP contribution in [0.5, 0.6) is 11.5 Å². The Morgan fingerprint density at radius 2 is 1.60 bits per heavy atom. The fraction of sp³-hybridized carbons (Fsp3) is 0.294. The fourth-order valence-corrected chi connectivity index (χ4v) is 2.26. The maximum absolute atomic E-state index is 6.52. The summed E-state index contributed by atoms with van der Waals surface area (Å²) in [6.45, 7) is 4.02. The zero-order valence-electron chi connectivity index (χ0n) is 12.0. The topological polar surface area (TPSA) is 18.5 Å². The smallest absolute Gasteiger partial charge is 0.119 e. The SMILES string of the molecule is COc1cccc(C(Cl)c2ccc(OC(C)C)cc2)c1. The Labute approximate surface area is 125 Å². The largest absolute Gasteiger partial charge is 0.497 e. The van der Waals surface area contributed by atoms with Gasteiger partial charge in [0.2, 0.25) is 0 Å². The Morgan fingerprint density at radius 3 is 2.20 bits per heavy atom. The molecule has 2 nitrogen and oxygen atoms in total. The summed E-state index contributed by atoms with van der Waals surface area (Å²) < 4.78 is 10.9. The van der Waals surface area contributed by atoms with Crippen molar-refractivity contribution in [3.63, 3.8) is 0 Å². The lowest BCUT2D eigenvalue weighted by atomic mass is 10.0. The van der Waals surface area contributed by atoms with Gasteiger partial charge < -0.3 is 9.47 Å². The quantitative estimate of drug-likeness (QED) is 0.736. The van der Waals surface area contributed by atoms with Gasteiger partial charge in [0.1, 0.15) is 11.5 Å². The van der Waals surface area contributed by atoms with Gasteiger partial charge in [-0.25, -0.2) is 0 Å². The molecular weight excluding hydrogens is 272 g/mol. The number of alkyl halides is 1. The lowest BCUT2D eigenvalue weighted by molar-refractivity contribution is 0.242. The standard InChI is InChI=1S/C17H19ClO2/c1-12(2)20-15-9-7-13(8-10-15)17(18)14-5-4-6-16(11-14)19-3/h4-12,17H,1-3H3. The van der Waals surface area contributed by atoms with E-state index >= 15 is 0 Å². The van der Waals surface area contributed by atoms with Crippen LogP contribution < -0.4 is 9.47 Å². The van der Waals surface area contributed by atoms with Crippen LogP contribution in [0.3, 0.4) is 0 Å². The Morgan fingerprint density at radius 1 is 0.900 bits per heavy atom. The average molecular weight is 291 g/mol. The zero-order chi connectivity index (χ0) is 14.5. The number of halogens is 1. The van der Waals surface area contributed by atoms with Crippen LogP contribution in [0.25, 0.3) is 0 Å². The van der Waals surface area contributed by atoms with Gasteiger partial charge in [-0.1, -0.05) is 24.3 Å². The van der Waals surface area contributed by atoms with Crippen LogP contribution in [0.1, 0.15) is 30.4 Å². The van der Waals surface area contributed by atoms with Gasteiger partial charge in [0, 0.05) is 0 Å².